The summed E-state index contributed by atoms with van der Waals surface area (Å²) in [4.78, 5) is 18.0. The van der Waals surface area contributed by atoms with Crippen molar-refractivity contribution in [1.82, 2.24) is 5.32 Å². The molecule has 0 saturated carbocycles. The summed E-state index contributed by atoms with van der Waals surface area (Å²) in [7, 11) is 4.22. The van der Waals surface area contributed by atoms with E-state index >= 15 is 0 Å². The summed E-state index contributed by atoms with van der Waals surface area (Å²) in [6.07, 6.45) is 1.84. The minimum Gasteiger partial charge on any atom is -0.465 e. The third-order valence-electron chi connectivity index (χ3n) is 3.03. The smallest absolute Gasteiger partial charge is 0.291 e. The highest BCUT2D eigenvalue weighted by molar-refractivity contribution is 6.04. The highest BCUT2D eigenvalue weighted by atomic mass is 16.5. The molecule has 22 heavy (non-hydrogen) atoms. The van der Waals surface area contributed by atoms with Crippen molar-refractivity contribution in [3.8, 4) is 0 Å². The van der Waals surface area contributed by atoms with Crippen LogP contribution in [0, 0.1) is 6.92 Å². The fraction of sp³-hybridized carbons (Fsp3) is 0.529. The summed E-state index contributed by atoms with van der Waals surface area (Å²) >= 11 is 0. The van der Waals surface area contributed by atoms with Gasteiger partial charge >= 0.3 is 0 Å². The largest absolute Gasteiger partial charge is 0.465 e. The normalized spacial score (nSPS) is 11.6. The second-order valence-electron chi connectivity index (χ2n) is 5.67. The number of aliphatic imine (C=N–C) groups is 1. The highest BCUT2D eigenvalue weighted by Gasteiger charge is 2.10. The molecule has 5 heteroatoms. The lowest BCUT2D eigenvalue weighted by atomic mass is 10.1. The number of carbonyl (C=O) groups is 1. The van der Waals surface area contributed by atoms with Crippen molar-refractivity contribution in [3.05, 3.63) is 35.4 Å². The number of benzene rings is 1. The van der Waals surface area contributed by atoms with Crippen LogP contribution < -0.4 is 10.2 Å². The summed E-state index contributed by atoms with van der Waals surface area (Å²) in [6.45, 7) is 6.22. The zero-order valence-electron chi connectivity index (χ0n) is 14.1. The van der Waals surface area contributed by atoms with Crippen LogP contribution in [-0.2, 0) is 4.74 Å². The Bertz CT molecular complexity index is 498. The van der Waals surface area contributed by atoms with E-state index in [4.69, 9.17) is 4.74 Å². The molecule has 1 rings (SSSR count). The molecule has 0 unspecified atom stereocenters. The fourth-order valence-electron chi connectivity index (χ4n) is 1.89. The molecule has 0 aliphatic rings. The van der Waals surface area contributed by atoms with Crippen LogP contribution in [0.15, 0.2) is 29.3 Å². The van der Waals surface area contributed by atoms with E-state index in [0.29, 0.717) is 24.7 Å². The van der Waals surface area contributed by atoms with Gasteiger partial charge in [-0.25, -0.2) is 4.99 Å². The first-order valence-electron chi connectivity index (χ1n) is 7.87. The zero-order valence-corrected chi connectivity index (χ0v) is 14.1. The molecule has 2 N–H and O–H groups in total. The predicted octanol–water partition coefficient (Wildman–Crippen LogP) is 1.04. The van der Waals surface area contributed by atoms with Gasteiger partial charge in [-0.1, -0.05) is 24.6 Å². The number of ether oxygens (including phenoxy) is 1. The van der Waals surface area contributed by atoms with Gasteiger partial charge in [0.25, 0.3) is 11.9 Å². The van der Waals surface area contributed by atoms with Gasteiger partial charge in [-0.2, -0.15) is 0 Å². The van der Waals surface area contributed by atoms with E-state index < -0.39 is 0 Å². The Balaban J connectivity index is 2.63. The molecule has 1 aromatic carbocycles. The Morgan fingerprint density at radius 1 is 1.36 bits per heavy atom. The topological polar surface area (TPSA) is 55.1 Å². The quantitative estimate of drug-likeness (QED) is 0.449. The average Bonchev–Trinajstić information content (AvgIpc) is 2.48. The number of aryl methyl sites for hydroxylation is 1. The Morgan fingerprint density at radius 3 is 2.77 bits per heavy atom. The number of rotatable bonds is 7. The Kier molecular flexibility index (Phi) is 8.22. The molecule has 0 saturated heterocycles. The van der Waals surface area contributed by atoms with Crippen LogP contribution in [0.4, 0.5) is 0 Å². The van der Waals surface area contributed by atoms with Crippen molar-refractivity contribution in [3.63, 3.8) is 0 Å². The third-order valence-corrected chi connectivity index (χ3v) is 3.03. The summed E-state index contributed by atoms with van der Waals surface area (Å²) in [5.74, 6) is -0.184. The first kappa shape index (κ1) is 18.2. The van der Waals surface area contributed by atoms with Gasteiger partial charge in [-0.05, 0) is 25.5 Å². The zero-order chi connectivity index (χ0) is 16.4. The number of nitrogens with one attached hydrogen (secondary N) is 2. The van der Waals surface area contributed by atoms with Crippen molar-refractivity contribution in [2.24, 2.45) is 4.99 Å². The van der Waals surface area contributed by atoms with Gasteiger partial charge in [0.15, 0.2) is 0 Å². The van der Waals surface area contributed by atoms with Gasteiger partial charge in [0.1, 0.15) is 0 Å². The summed E-state index contributed by atoms with van der Waals surface area (Å²) in [6, 6.07) is 7.79. The molecule has 122 valence electrons. The molecule has 0 radical (unpaired) electrons. The van der Waals surface area contributed by atoms with Crippen LogP contribution >= 0.6 is 0 Å². The van der Waals surface area contributed by atoms with E-state index in [9.17, 15) is 4.79 Å². The number of hydrogen-bond donors (Lipinski definition) is 2. The van der Waals surface area contributed by atoms with Crippen LogP contribution in [0.5, 0.6) is 0 Å². The molecular formula is C17H28N3O2+. The summed E-state index contributed by atoms with van der Waals surface area (Å²) in [5.41, 5.74) is 1.67. The van der Waals surface area contributed by atoms with Crippen LogP contribution in [-0.4, -0.2) is 45.7 Å². The summed E-state index contributed by atoms with van der Waals surface area (Å²) < 4.78 is 5.53. The van der Waals surface area contributed by atoms with Gasteiger partial charge in [-0.15, -0.1) is 0 Å². The summed E-state index contributed by atoms with van der Waals surface area (Å²) in [5, 5.41) is 2.77. The number of carbonyl (C=O) groups excluding carboxylic acids is 1. The molecule has 0 atom stereocenters. The first-order valence-corrected chi connectivity index (χ1v) is 7.87. The second-order valence-corrected chi connectivity index (χ2v) is 5.67. The van der Waals surface area contributed by atoms with E-state index in [1.54, 1.807) is 6.07 Å². The highest BCUT2D eigenvalue weighted by Crippen LogP contribution is 2.03. The molecule has 1 aromatic rings. The molecule has 0 aliphatic carbocycles. The first-order chi connectivity index (χ1) is 10.5. The molecule has 5 nitrogen and oxygen atoms in total. The monoisotopic (exact) mass is 306 g/mol. The van der Waals surface area contributed by atoms with E-state index in [0.717, 1.165) is 24.9 Å². The SMILES string of the molecule is CCCOC(=NCCC[NH+](C)C)NC(=O)c1cccc(C)c1. The fourth-order valence-corrected chi connectivity index (χ4v) is 1.89. The molecule has 0 fully saturated rings. The third kappa shape index (κ3) is 7.22. The Morgan fingerprint density at radius 2 is 2.14 bits per heavy atom. The number of hydrogen-bond acceptors (Lipinski definition) is 3. The minimum absolute atomic E-state index is 0.184. The molecule has 1 amide bonds. The lowest BCUT2D eigenvalue weighted by molar-refractivity contribution is -0.858. The van der Waals surface area contributed by atoms with Gasteiger partial charge < -0.3 is 9.64 Å². The van der Waals surface area contributed by atoms with Crippen LogP contribution in [0.25, 0.3) is 0 Å². The number of nitrogens with zero attached hydrogens (tertiary/aromatic N) is 1. The lowest BCUT2D eigenvalue weighted by Crippen LogP contribution is -3.05. The van der Waals surface area contributed by atoms with Gasteiger partial charge in [0.05, 0.1) is 27.2 Å². The van der Waals surface area contributed by atoms with Crippen LogP contribution in [0.2, 0.25) is 0 Å². The lowest BCUT2D eigenvalue weighted by Gasteiger charge is -2.11. The number of amidine groups is 1. The van der Waals surface area contributed by atoms with E-state index in [1.165, 1.54) is 4.90 Å². The molecule has 0 heterocycles. The molecule has 0 spiro atoms. The molecule has 0 aromatic heterocycles. The molecular weight excluding hydrogens is 278 g/mol. The van der Waals surface area contributed by atoms with Crippen molar-refractivity contribution < 1.29 is 14.4 Å². The minimum atomic E-state index is -0.184. The maximum Gasteiger partial charge on any atom is 0.291 e. The molecule has 0 bridgehead atoms. The predicted molar refractivity (Wildman–Crippen MR) is 89.5 cm³/mol. The van der Waals surface area contributed by atoms with Crippen molar-refractivity contribution in [2.75, 3.05) is 33.8 Å². The van der Waals surface area contributed by atoms with Crippen LogP contribution in [0.3, 0.4) is 0 Å². The number of quaternary nitrogens is 1. The van der Waals surface area contributed by atoms with Gasteiger partial charge in [-0.3, -0.25) is 10.1 Å². The maximum atomic E-state index is 12.2. The van der Waals surface area contributed by atoms with Gasteiger partial charge in [0.2, 0.25) is 0 Å². The van der Waals surface area contributed by atoms with Crippen molar-refractivity contribution in [1.29, 1.82) is 0 Å². The Hall–Kier alpha value is -1.88. The van der Waals surface area contributed by atoms with Crippen molar-refractivity contribution >= 4 is 11.9 Å². The van der Waals surface area contributed by atoms with Crippen LogP contribution in [0.1, 0.15) is 35.7 Å². The average molecular weight is 306 g/mol. The van der Waals surface area contributed by atoms with Gasteiger partial charge in [0, 0.05) is 18.5 Å². The second kappa shape index (κ2) is 9.95. The number of amides is 1. The standard InChI is InChI=1S/C17H27N3O2/c1-5-12-22-17(18-10-7-11-20(3)4)19-16(21)15-9-6-8-14(2)13-15/h6,8-9,13H,5,7,10-12H2,1-4H3,(H,18,19,21)/p+1. The van der Waals surface area contributed by atoms with E-state index in [1.807, 2.05) is 32.0 Å². The maximum absolute atomic E-state index is 12.2. The van der Waals surface area contributed by atoms with E-state index in [2.05, 4.69) is 24.4 Å². The van der Waals surface area contributed by atoms with E-state index in [-0.39, 0.29) is 5.91 Å². The molecule has 0 aliphatic heterocycles. The van der Waals surface area contributed by atoms with Crippen molar-refractivity contribution in [2.45, 2.75) is 26.7 Å². The Labute approximate surface area is 133 Å².